The minimum absolute atomic E-state index is 0.849. The Balaban J connectivity index is 2.01. The van der Waals surface area contributed by atoms with Gasteiger partial charge in [-0.15, -0.1) is 0 Å². The monoisotopic (exact) mass is 266 g/mol. The fraction of sp³-hybridized carbons (Fsp3) is 0.235. The molecule has 1 aliphatic rings. The lowest BCUT2D eigenvalue weighted by molar-refractivity contribution is 0.415. The molecule has 3 heteroatoms. The first-order valence-electron chi connectivity index (χ1n) is 6.82. The molecule has 0 saturated carbocycles. The molecule has 2 aromatic rings. The molecule has 3 nitrogen and oxygen atoms in total. The van der Waals surface area contributed by atoms with Crippen LogP contribution in [0, 0.1) is 0 Å². The van der Waals surface area contributed by atoms with Crippen LogP contribution in [0.25, 0.3) is 0 Å². The fourth-order valence-corrected chi connectivity index (χ4v) is 2.56. The van der Waals surface area contributed by atoms with Crippen LogP contribution in [0.4, 0.5) is 5.69 Å². The molecule has 0 spiro atoms. The number of fused-ring (bicyclic) bond motifs is 1. The molecule has 0 fully saturated rings. The Morgan fingerprint density at radius 1 is 1.10 bits per heavy atom. The van der Waals surface area contributed by atoms with Gasteiger partial charge in [-0.2, -0.15) is 0 Å². The highest BCUT2D eigenvalue weighted by Crippen LogP contribution is 2.24. The third-order valence-electron chi connectivity index (χ3n) is 3.66. The van der Waals surface area contributed by atoms with Crippen LogP contribution in [0.2, 0.25) is 0 Å². The number of rotatable bonds is 3. The van der Waals surface area contributed by atoms with Crippen LogP contribution in [-0.4, -0.2) is 26.4 Å². The lowest BCUT2D eigenvalue weighted by Gasteiger charge is -2.18. The van der Waals surface area contributed by atoms with Gasteiger partial charge in [0.15, 0.2) is 0 Å². The lowest BCUT2D eigenvalue weighted by atomic mass is 9.93. The van der Waals surface area contributed by atoms with Crippen LogP contribution in [0.3, 0.4) is 0 Å². The molecule has 20 heavy (non-hydrogen) atoms. The predicted molar refractivity (Wildman–Crippen MR) is 83.2 cm³/mol. The lowest BCUT2D eigenvalue weighted by Crippen LogP contribution is -2.14. The third-order valence-corrected chi connectivity index (χ3v) is 3.66. The van der Waals surface area contributed by atoms with Crippen molar-refractivity contribution in [1.82, 2.24) is 0 Å². The number of nitrogens with one attached hydrogen (secondary N) is 1. The Morgan fingerprint density at radius 2 is 1.90 bits per heavy atom. The Hall–Kier alpha value is -2.29. The molecule has 0 bridgehead atoms. The van der Waals surface area contributed by atoms with E-state index in [0.717, 1.165) is 35.7 Å². The summed E-state index contributed by atoms with van der Waals surface area (Å²) in [6, 6.07) is 14.6. The summed E-state index contributed by atoms with van der Waals surface area (Å²) in [6.07, 6.45) is 1.00. The average Bonchev–Trinajstić information content (AvgIpc) is 2.54. The van der Waals surface area contributed by atoms with Gasteiger partial charge in [0.2, 0.25) is 0 Å². The Labute approximate surface area is 119 Å². The predicted octanol–water partition coefficient (Wildman–Crippen LogP) is 3.13. The number of ether oxygens (including phenoxy) is 1. The van der Waals surface area contributed by atoms with E-state index in [9.17, 15) is 0 Å². The highest BCUT2D eigenvalue weighted by molar-refractivity contribution is 6.14. The Morgan fingerprint density at radius 3 is 2.60 bits per heavy atom. The van der Waals surface area contributed by atoms with E-state index in [0.29, 0.717) is 0 Å². The molecule has 3 rings (SSSR count). The van der Waals surface area contributed by atoms with Crippen molar-refractivity contribution in [2.45, 2.75) is 6.42 Å². The molecular formula is C17H18N2O. The van der Waals surface area contributed by atoms with Crippen molar-refractivity contribution in [1.29, 1.82) is 0 Å². The molecule has 0 saturated heterocycles. The molecule has 0 radical (unpaired) electrons. The SMILES string of the molecule is CNc1ccc2c(c1)CCN=C2c1ccc(OC)cc1. The van der Waals surface area contributed by atoms with Gasteiger partial charge in [-0.1, -0.05) is 6.07 Å². The second-order valence-electron chi connectivity index (χ2n) is 4.83. The second kappa shape index (κ2) is 5.37. The minimum Gasteiger partial charge on any atom is -0.497 e. The third kappa shape index (κ3) is 2.27. The van der Waals surface area contributed by atoms with Gasteiger partial charge < -0.3 is 10.1 Å². The zero-order valence-electron chi connectivity index (χ0n) is 11.8. The molecule has 1 N–H and O–H groups in total. The van der Waals surface area contributed by atoms with Crippen LogP contribution in [-0.2, 0) is 6.42 Å². The van der Waals surface area contributed by atoms with E-state index in [1.165, 1.54) is 11.1 Å². The first-order chi connectivity index (χ1) is 9.81. The number of nitrogens with zero attached hydrogens (tertiary/aromatic N) is 1. The van der Waals surface area contributed by atoms with Gasteiger partial charge in [-0.3, -0.25) is 4.99 Å². The Bertz CT molecular complexity index is 645. The summed E-state index contributed by atoms with van der Waals surface area (Å²) in [6.45, 7) is 0.849. The molecule has 0 amide bonds. The zero-order chi connectivity index (χ0) is 13.9. The molecule has 1 heterocycles. The quantitative estimate of drug-likeness (QED) is 0.926. The highest BCUT2D eigenvalue weighted by Gasteiger charge is 2.16. The summed E-state index contributed by atoms with van der Waals surface area (Å²) in [4.78, 5) is 4.71. The van der Waals surface area contributed by atoms with Crippen molar-refractivity contribution in [3.05, 3.63) is 59.2 Å². The van der Waals surface area contributed by atoms with E-state index in [1.807, 2.05) is 19.2 Å². The summed E-state index contributed by atoms with van der Waals surface area (Å²) in [5, 5.41) is 3.19. The van der Waals surface area contributed by atoms with Crippen LogP contribution < -0.4 is 10.1 Å². The van der Waals surface area contributed by atoms with Crippen LogP contribution in [0.1, 0.15) is 16.7 Å². The standard InChI is InChI=1S/C17H18N2O/c1-18-14-5-8-16-13(11-14)9-10-19-17(16)12-3-6-15(20-2)7-4-12/h3-8,11,18H,9-10H2,1-2H3. The number of aliphatic imine (C=N–C) groups is 1. The maximum Gasteiger partial charge on any atom is 0.118 e. The molecule has 102 valence electrons. The van der Waals surface area contributed by atoms with E-state index >= 15 is 0 Å². The van der Waals surface area contributed by atoms with Gasteiger partial charge in [0.25, 0.3) is 0 Å². The van der Waals surface area contributed by atoms with Crippen LogP contribution in [0.15, 0.2) is 47.5 Å². The van der Waals surface area contributed by atoms with E-state index in [1.54, 1.807) is 7.11 Å². The number of anilines is 1. The van der Waals surface area contributed by atoms with Crippen molar-refractivity contribution < 1.29 is 4.74 Å². The van der Waals surface area contributed by atoms with Crippen LogP contribution in [0.5, 0.6) is 5.75 Å². The fourth-order valence-electron chi connectivity index (χ4n) is 2.56. The molecule has 0 atom stereocenters. The van der Waals surface area contributed by atoms with Crippen molar-refractivity contribution >= 4 is 11.4 Å². The highest BCUT2D eigenvalue weighted by atomic mass is 16.5. The molecular weight excluding hydrogens is 248 g/mol. The van der Waals surface area contributed by atoms with E-state index in [4.69, 9.17) is 9.73 Å². The second-order valence-corrected chi connectivity index (χ2v) is 4.83. The smallest absolute Gasteiger partial charge is 0.118 e. The van der Waals surface area contributed by atoms with Gasteiger partial charge in [-0.25, -0.2) is 0 Å². The first-order valence-corrected chi connectivity index (χ1v) is 6.82. The van der Waals surface area contributed by atoms with Gasteiger partial charge in [0.1, 0.15) is 5.75 Å². The summed E-state index contributed by atoms with van der Waals surface area (Å²) >= 11 is 0. The summed E-state index contributed by atoms with van der Waals surface area (Å²) in [5.74, 6) is 0.871. The van der Waals surface area contributed by atoms with Crippen molar-refractivity contribution in [3.8, 4) is 5.75 Å². The number of hydrogen-bond acceptors (Lipinski definition) is 3. The van der Waals surface area contributed by atoms with E-state index < -0.39 is 0 Å². The van der Waals surface area contributed by atoms with Crippen molar-refractivity contribution in [2.24, 2.45) is 4.99 Å². The van der Waals surface area contributed by atoms with Gasteiger partial charge >= 0.3 is 0 Å². The molecule has 0 aliphatic carbocycles. The normalized spacial score (nSPS) is 13.4. The van der Waals surface area contributed by atoms with Gasteiger partial charge in [-0.05, 0) is 48.4 Å². The Kier molecular flexibility index (Phi) is 3.42. The summed E-state index contributed by atoms with van der Waals surface area (Å²) in [7, 11) is 3.63. The first kappa shape index (κ1) is 12.7. The van der Waals surface area contributed by atoms with E-state index in [-0.39, 0.29) is 0 Å². The zero-order valence-corrected chi connectivity index (χ0v) is 11.8. The molecule has 2 aromatic carbocycles. The van der Waals surface area contributed by atoms with Crippen molar-refractivity contribution in [2.75, 3.05) is 26.0 Å². The average molecular weight is 266 g/mol. The molecule has 1 aliphatic heterocycles. The minimum atomic E-state index is 0.849. The van der Waals surface area contributed by atoms with E-state index in [2.05, 4.69) is 35.6 Å². The summed E-state index contributed by atoms with van der Waals surface area (Å²) < 4.78 is 5.21. The largest absolute Gasteiger partial charge is 0.497 e. The number of hydrogen-bond donors (Lipinski definition) is 1. The van der Waals surface area contributed by atoms with Gasteiger partial charge in [0.05, 0.1) is 12.8 Å². The maximum absolute atomic E-state index is 5.21. The molecule has 0 unspecified atom stereocenters. The maximum atomic E-state index is 5.21. The topological polar surface area (TPSA) is 33.6 Å². The number of benzene rings is 2. The van der Waals surface area contributed by atoms with Gasteiger partial charge in [0, 0.05) is 30.4 Å². The van der Waals surface area contributed by atoms with Crippen LogP contribution >= 0.6 is 0 Å². The summed E-state index contributed by atoms with van der Waals surface area (Å²) in [5.41, 5.74) is 5.97. The number of methoxy groups -OCH3 is 1. The molecule has 0 aromatic heterocycles. The van der Waals surface area contributed by atoms with Crippen molar-refractivity contribution in [3.63, 3.8) is 0 Å².